The Hall–Kier alpha value is -1.34. The van der Waals surface area contributed by atoms with Gasteiger partial charge < -0.3 is 25.4 Å². The first kappa shape index (κ1) is 22.0. The van der Waals surface area contributed by atoms with E-state index in [1.165, 1.54) is 0 Å². The monoisotopic (exact) mass is 396 g/mol. The molecule has 7 heteroatoms. The van der Waals surface area contributed by atoms with Crippen molar-refractivity contribution in [3.8, 4) is 0 Å². The smallest absolute Gasteiger partial charge is 0.191 e. The van der Waals surface area contributed by atoms with Gasteiger partial charge in [-0.2, -0.15) is 0 Å². The Morgan fingerprint density at radius 1 is 1.33 bits per heavy atom. The van der Waals surface area contributed by atoms with E-state index in [0.717, 1.165) is 63.6 Å². The minimum absolute atomic E-state index is 0.312. The summed E-state index contributed by atoms with van der Waals surface area (Å²) in [5.74, 6) is 0.767. The average Bonchev–Trinajstić information content (AvgIpc) is 2.68. The standard InChI is InChI=1S/C20H33ClN4O2/c1-3-22-20(23-15-19(26)16-5-7-17(21)8-6-16)24-18-9-12-25(13-10-18)11-4-14-27-2/h5-8,18-19,26H,3-4,9-15H2,1-2H3,(H2,22,23,24). The fourth-order valence-corrected chi connectivity index (χ4v) is 3.34. The molecule has 152 valence electrons. The van der Waals surface area contributed by atoms with Gasteiger partial charge in [0, 0.05) is 51.0 Å². The molecular weight excluding hydrogens is 364 g/mol. The van der Waals surface area contributed by atoms with Crippen molar-refractivity contribution in [2.45, 2.75) is 38.3 Å². The maximum absolute atomic E-state index is 10.3. The van der Waals surface area contributed by atoms with Crippen LogP contribution in [0.3, 0.4) is 0 Å². The summed E-state index contributed by atoms with van der Waals surface area (Å²) in [7, 11) is 1.75. The van der Waals surface area contributed by atoms with Crippen LogP contribution >= 0.6 is 11.6 Å². The highest BCUT2D eigenvalue weighted by Gasteiger charge is 2.19. The van der Waals surface area contributed by atoms with E-state index in [9.17, 15) is 5.11 Å². The summed E-state index contributed by atoms with van der Waals surface area (Å²) in [6.45, 7) is 7.26. The van der Waals surface area contributed by atoms with Crippen molar-refractivity contribution >= 4 is 17.6 Å². The van der Waals surface area contributed by atoms with Crippen molar-refractivity contribution in [1.29, 1.82) is 0 Å². The van der Waals surface area contributed by atoms with Crippen LogP contribution in [0.25, 0.3) is 0 Å². The van der Waals surface area contributed by atoms with Crippen molar-refractivity contribution < 1.29 is 9.84 Å². The molecule has 0 radical (unpaired) electrons. The van der Waals surface area contributed by atoms with Crippen LogP contribution in [0.2, 0.25) is 5.02 Å². The fraction of sp³-hybridized carbons (Fsp3) is 0.650. The predicted octanol–water partition coefficient (Wildman–Crippen LogP) is 2.43. The number of ether oxygens (including phenoxy) is 1. The quantitative estimate of drug-likeness (QED) is 0.340. The van der Waals surface area contributed by atoms with Crippen molar-refractivity contribution in [2.75, 3.05) is 46.4 Å². The molecule has 0 aliphatic carbocycles. The normalized spacial score (nSPS) is 17.7. The Morgan fingerprint density at radius 3 is 2.67 bits per heavy atom. The van der Waals surface area contributed by atoms with Crippen LogP contribution in [0.4, 0.5) is 0 Å². The third kappa shape index (κ3) is 8.05. The van der Waals surface area contributed by atoms with E-state index >= 15 is 0 Å². The van der Waals surface area contributed by atoms with Crippen LogP contribution in [-0.4, -0.2) is 68.4 Å². The number of benzene rings is 1. The lowest BCUT2D eigenvalue weighted by Gasteiger charge is -2.33. The number of likely N-dealkylation sites (tertiary alicyclic amines) is 1. The Bertz CT molecular complexity index is 560. The molecular formula is C20H33ClN4O2. The van der Waals surface area contributed by atoms with E-state index in [0.29, 0.717) is 17.6 Å². The zero-order valence-corrected chi connectivity index (χ0v) is 17.2. The zero-order chi connectivity index (χ0) is 19.5. The molecule has 0 amide bonds. The first-order valence-corrected chi connectivity index (χ1v) is 10.2. The molecule has 0 aromatic heterocycles. The first-order valence-electron chi connectivity index (χ1n) is 9.82. The van der Waals surface area contributed by atoms with Gasteiger partial charge in [0.05, 0.1) is 12.6 Å². The van der Waals surface area contributed by atoms with Gasteiger partial charge in [-0.05, 0) is 43.9 Å². The van der Waals surface area contributed by atoms with Crippen LogP contribution in [0.5, 0.6) is 0 Å². The number of aliphatic hydroxyl groups is 1. The van der Waals surface area contributed by atoms with Crippen LogP contribution in [0.1, 0.15) is 37.9 Å². The van der Waals surface area contributed by atoms with E-state index in [1.807, 2.05) is 19.1 Å². The number of hydrogen-bond donors (Lipinski definition) is 3. The number of nitrogens with one attached hydrogen (secondary N) is 2. The number of nitrogens with zero attached hydrogens (tertiary/aromatic N) is 2. The lowest BCUT2D eigenvalue weighted by molar-refractivity contribution is 0.155. The summed E-state index contributed by atoms with van der Waals surface area (Å²) in [5, 5.41) is 17.8. The molecule has 0 saturated carbocycles. The predicted molar refractivity (Wildman–Crippen MR) is 111 cm³/mol. The summed E-state index contributed by atoms with van der Waals surface area (Å²) in [6.07, 6.45) is 2.63. The Kier molecular flexibility index (Phi) is 9.91. The van der Waals surface area contributed by atoms with E-state index in [2.05, 4.69) is 20.5 Å². The summed E-state index contributed by atoms with van der Waals surface area (Å²) in [4.78, 5) is 7.06. The molecule has 1 aliphatic rings. The highest BCUT2D eigenvalue weighted by atomic mass is 35.5. The molecule has 1 unspecified atom stereocenters. The minimum atomic E-state index is -0.639. The van der Waals surface area contributed by atoms with E-state index < -0.39 is 6.10 Å². The van der Waals surface area contributed by atoms with Gasteiger partial charge in [-0.1, -0.05) is 23.7 Å². The van der Waals surface area contributed by atoms with E-state index in [1.54, 1.807) is 19.2 Å². The van der Waals surface area contributed by atoms with Crippen LogP contribution in [-0.2, 0) is 4.74 Å². The van der Waals surface area contributed by atoms with E-state index in [-0.39, 0.29) is 0 Å². The molecule has 1 fully saturated rings. The lowest BCUT2D eigenvalue weighted by atomic mass is 10.1. The third-order valence-corrected chi connectivity index (χ3v) is 5.02. The van der Waals surface area contributed by atoms with Gasteiger partial charge in [0.15, 0.2) is 5.96 Å². The van der Waals surface area contributed by atoms with Gasteiger partial charge in [-0.3, -0.25) is 4.99 Å². The maximum atomic E-state index is 10.3. The second kappa shape index (κ2) is 12.2. The number of rotatable bonds is 9. The maximum Gasteiger partial charge on any atom is 0.191 e. The largest absolute Gasteiger partial charge is 0.386 e. The van der Waals surface area contributed by atoms with Crippen LogP contribution < -0.4 is 10.6 Å². The van der Waals surface area contributed by atoms with Crippen molar-refractivity contribution in [2.24, 2.45) is 4.99 Å². The number of piperidine rings is 1. The molecule has 3 N–H and O–H groups in total. The number of halogens is 1. The number of guanidine groups is 1. The van der Waals surface area contributed by atoms with Gasteiger partial charge in [0.25, 0.3) is 0 Å². The SMILES string of the molecule is CCNC(=NCC(O)c1ccc(Cl)cc1)NC1CCN(CCCOC)CC1. The van der Waals surface area contributed by atoms with Crippen LogP contribution in [0.15, 0.2) is 29.3 Å². The highest BCUT2D eigenvalue weighted by molar-refractivity contribution is 6.30. The second-order valence-corrected chi connectivity index (χ2v) is 7.33. The van der Waals surface area contributed by atoms with Gasteiger partial charge in [-0.15, -0.1) is 0 Å². The van der Waals surface area contributed by atoms with Gasteiger partial charge >= 0.3 is 0 Å². The lowest BCUT2D eigenvalue weighted by Crippen LogP contribution is -2.49. The fourth-order valence-electron chi connectivity index (χ4n) is 3.21. The molecule has 6 nitrogen and oxygen atoms in total. The Labute approximate surface area is 168 Å². The summed E-state index contributed by atoms with van der Waals surface area (Å²) < 4.78 is 5.13. The molecule has 1 aliphatic heterocycles. The zero-order valence-electron chi connectivity index (χ0n) is 16.5. The number of methoxy groups -OCH3 is 1. The second-order valence-electron chi connectivity index (χ2n) is 6.89. The summed E-state index contributed by atoms with van der Waals surface area (Å²) >= 11 is 5.90. The van der Waals surface area contributed by atoms with Crippen molar-refractivity contribution in [1.82, 2.24) is 15.5 Å². The number of hydrogen-bond acceptors (Lipinski definition) is 4. The molecule has 1 saturated heterocycles. The highest BCUT2D eigenvalue weighted by Crippen LogP contribution is 2.16. The molecule has 2 rings (SSSR count). The van der Waals surface area contributed by atoms with Crippen molar-refractivity contribution in [3.63, 3.8) is 0 Å². The minimum Gasteiger partial charge on any atom is -0.386 e. The molecule has 0 bridgehead atoms. The summed E-state index contributed by atoms with van der Waals surface area (Å²) in [6, 6.07) is 7.65. The summed E-state index contributed by atoms with van der Waals surface area (Å²) in [5.41, 5.74) is 0.823. The van der Waals surface area contributed by atoms with E-state index in [4.69, 9.17) is 16.3 Å². The molecule has 0 spiro atoms. The number of aliphatic imine (C=N–C) groups is 1. The number of aliphatic hydroxyl groups excluding tert-OH is 1. The average molecular weight is 397 g/mol. The Balaban J connectivity index is 1.80. The van der Waals surface area contributed by atoms with Gasteiger partial charge in [0.1, 0.15) is 0 Å². The Morgan fingerprint density at radius 2 is 2.04 bits per heavy atom. The van der Waals surface area contributed by atoms with Gasteiger partial charge in [0.2, 0.25) is 0 Å². The third-order valence-electron chi connectivity index (χ3n) is 4.77. The molecule has 1 aromatic rings. The molecule has 27 heavy (non-hydrogen) atoms. The topological polar surface area (TPSA) is 69.1 Å². The van der Waals surface area contributed by atoms with Crippen molar-refractivity contribution in [3.05, 3.63) is 34.9 Å². The molecule has 1 heterocycles. The molecule has 1 aromatic carbocycles. The molecule has 1 atom stereocenters. The van der Waals surface area contributed by atoms with Crippen LogP contribution in [0, 0.1) is 0 Å². The van der Waals surface area contributed by atoms with Gasteiger partial charge in [-0.25, -0.2) is 0 Å². The first-order chi connectivity index (χ1) is 13.1.